The van der Waals surface area contributed by atoms with E-state index in [1.807, 2.05) is 42.5 Å². The first-order valence-corrected chi connectivity index (χ1v) is 4.99. The standard InChI is InChI=1S/C14H12O.Na.H/c15-11-10-13-8-4-5-9-14(13)12-6-2-1-3-7-12;;/h1-9,11H,10H2;;. The molecular weight excluding hydrogens is 207 g/mol. The van der Waals surface area contributed by atoms with Crippen LogP contribution in [-0.4, -0.2) is 35.8 Å². The number of hydrogen-bond acceptors (Lipinski definition) is 1. The van der Waals surface area contributed by atoms with Crippen LogP contribution in [0.25, 0.3) is 11.1 Å². The summed E-state index contributed by atoms with van der Waals surface area (Å²) >= 11 is 0. The predicted octanol–water partition coefficient (Wildman–Crippen LogP) is 2.45. The first-order valence-electron chi connectivity index (χ1n) is 4.99. The Morgan fingerprint density at radius 1 is 0.875 bits per heavy atom. The molecule has 0 N–H and O–H groups in total. The second-order valence-electron chi connectivity index (χ2n) is 3.39. The molecule has 0 atom stereocenters. The molecule has 0 saturated heterocycles. The third kappa shape index (κ3) is 3.05. The van der Waals surface area contributed by atoms with Crippen molar-refractivity contribution in [3.63, 3.8) is 0 Å². The molecule has 76 valence electrons. The van der Waals surface area contributed by atoms with Gasteiger partial charge < -0.3 is 4.79 Å². The summed E-state index contributed by atoms with van der Waals surface area (Å²) in [5.74, 6) is 0. The van der Waals surface area contributed by atoms with Crippen molar-refractivity contribution in [2.24, 2.45) is 0 Å². The fraction of sp³-hybridized carbons (Fsp3) is 0.0714. The second kappa shape index (κ2) is 6.64. The molecule has 0 amide bonds. The quantitative estimate of drug-likeness (QED) is 0.573. The van der Waals surface area contributed by atoms with Crippen molar-refractivity contribution >= 4 is 35.8 Å². The summed E-state index contributed by atoms with van der Waals surface area (Å²) in [6.07, 6.45) is 1.42. The monoisotopic (exact) mass is 220 g/mol. The van der Waals surface area contributed by atoms with Crippen LogP contribution < -0.4 is 0 Å². The maximum absolute atomic E-state index is 10.6. The van der Waals surface area contributed by atoms with Gasteiger partial charge in [0.2, 0.25) is 0 Å². The molecule has 2 rings (SSSR count). The molecule has 0 bridgehead atoms. The molecule has 0 unspecified atom stereocenters. The van der Waals surface area contributed by atoms with Gasteiger partial charge in [-0.1, -0.05) is 54.6 Å². The summed E-state index contributed by atoms with van der Waals surface area (Å²) in [4.78, 5) is 10.6. The Kier molecular flexibility index (Phi) is 5.47. The van der Waals surface area contributed by atoms with Crippen LogP contribution in [-0.2, 0) is 11.2 Å². The molecule has 0 aliphatic carbocycles. The van der Waals surface area contributed by atoms with Crippen molar-refractivity contribution in [3.8, 4) is 11.1 Å². The molecule has 16 heavy (non-hydrogen) atoms. The number of rotatable bonds is 3. The van der Waals surface area contributed by atoms with E-state index in [0.717, 1.165) is 23.0 Å². The van der Waals surface area contributed by atoms with Crippen LogP contribution in [0.3, 0.4) is 0 Å². The van der Waals surface area contributed by atoms with Crippen LogP contribution in [0.5, 0.6) is 0 Å². The van der Waals surface area contributed by atoms with Gasteiger partial charge in [0.15, 0.2) is 0 Å². The van der Waals surface area contributed by atoms with Gasteiger partial charge in [0.05, 0.1) is 0 Å². The van der Waals surface area contributed by atoms with Crippen molar-refractivity contribution in [2.75, 3.05) is 0 Å². The van der Waals surface area contributed by atoms with Crippen LogP contribution in [0.15, 0.2) is 54.6 Å². The van der Waals surface area contributed by atoms with Gasteiger partial charge in [-0.15, -0.1) is 0 Å². The first-order chi connectivity index (χ1) is 7.42. The molecule has 1 nitrogen and oxygen atoms in total. The Morgan fingerprint density at radius 3 is 2.19 bits per heavy atom. The van der Waals surface area contributed by atoms with Crippen molar-refractivity contribution in [3.05, 3.63) is 60.2 Å². The molecule has 0 heterocycles. The van der Waals surface area contributed by atoms with E-state index < -0.39 is 0 Å². The molecule has 0 aromatic heterocycles. The van der Waals surface area contributed by atoms with E-state index in [0.29, 0.717) is 6.42 Å². The van der Waals surface area contributed by atoms with E-state index >= 15 is 0 Å². The summed E-state index contributed by atoms with van der Waals surface area (Å²) in [5.41, 5.74) is 3.39. The van der Waals surface area contributed by atoms with Crippen molar-refractivity contribution in [1.29, 1.82) is 0 Å². The molecule has 2 aromatic carbocycles. The fourth-order valence-corrected chi connectivity index (χ4v) is 1.69. The molecule has 0 radical (unpaired) electrons. The zero-order chi connectivity index (χ0) is 10.5. The minimum atomic E-state index is 0. The zero-order valence-electron chi connectivity index (χ0n) is 8.39. The van der Waals surface area contributed by atoms with Crippen LogP contribution in [0, 0.1) is 0 Å². The molecule has 0 fully saturated rings. The van der Waals surface area contributed by atoms with E-state index in [1.54, 1.807) is 0 Å². The summed E-state index contributed by atoms with van der Waals surface area (Å²) in [6.45, 7) is 0. The van der Waals surface area contributed by atoms with E-state index in [-0.39, 0.29) is 29.6 Å². The normalized spacial score (nSPS) is 9.25. The van der Waals surface area contributed by atoms with Crippen LogP contribution in [0.1, 0.15) is 5.56 Å². The number of carbonyl (C=O) groups excluding carboxylic acids is 1. The Balaban J connectivity index is 0.00000128. The summed E-state index contributed by atoms with van der Waals surface area (Å²) in [7, 11) is 0. The van der Waals surface area contributed by atoms with Gasteiger partial charge in [-0.25, -0.2) is 0 Å². The first kappa shape index (κ1) is 13.2. The van der Waals surface area contributed by atoms with E-state index in [4.69, 9.17) is 0 Å². The van der Waals surface area contributed by atoms with Crippen LogP contribution in [0.2, 0.25) is 0 Å². The summed E-state index contributed by atoms with van der Waals surface area (Å²) in [5, 5.41) is 0. The Hall–Kier alpha value is -0.890. The number of hydrogen-bond donors (Lipinski definition) is 0. The van der Waals surface area contributed by atoms with Crippen LogP contribution >= 0.6 is 0 Å². The SMILES string of the molecule is O=CCc1ccccc1-c1ccccc1.[NaH]. The number of aldehydes is 1. The fourth-order valence-electron chi connectivity index (χ4n) is 1.69. The number of benzene rings is 2. The van der Waals surface area contributed by atoms with Gasteiger partial charge in [0.25, 0.3) is 0 Å². The van der Waals surface area contributed by atoms with Gasteiger partial charge >= 0.3 is 29.6 Å². The van der Waals surface area contributed by atoms with Crippen LogP contribution in [0.4, 0.5) is 0 Å². The van der Waals surface area contributed by atoms with Gasteiger partial charge in [0.1, 0.15) is 6.29 Å². The minimum absolute atomic E-state index is 0. The Bertz CT molecular complexity index is 451. The average molecular weight is 220 g/mol. The van der Waals surface area contributed by atoms with Crippen molar-refractivity contribution in [1.82, 2.24) is 0 Å². The summed E-state index contributed by atoms with van der Waals surface area (Å²) in [6, 6.07) is 18.1. The maximum atomic E-state index is 10.6. The Morgan fingerprint density at radius 2 is 1.50 bits per heavy atom. The molecule has 2 aromatic rings. The molecule has 0 saturated carbocycles. The van der Waals surface area contributed by atoms with E-state index in [1.165, 1.54) is 0 Å². The van der Waals surface area contributed by atoms with Crippen molar-refractivity contribution in [2.45, 2.75) is 6.42 Å². The third-order valence-electron chi connectivity index (χ3n) is 2.41. The Labute approximate surface area is 118 Å². The molecule has 0 aliphatic rings. The van der Waals surface area contributed by atoms with Gasteiger partial charge in [0, 0.05) is 6.42 Å². The molecule has 2 heteroatoms. The molecule has 0 aliphatic heterocycles. The van der Waals surface area contributed by atoms with E-state index in [9.17, 15) is 4.79 Å². The second-order valence-corrected chi connectivity index (χ2v) is 3.39. The average Bonchev–Trinajstić information content (AvgIpc) is 2.31. The van der Waals surface area contributed by atoms with Gasteiger partial charge in [-0.3, -0.25) is 0 Å². The van der Waals surface area contributed by atoms with Gasteiger partial charge in [-0.05, 0) is 16.7 Å². The zero-order valence-corrected chi connectivity index (χ0v) is 8.39. The summed E-state index contributed by atoms with van der Waals surface area (Å²) < 4.78 is 0. The van der Waals surface area contributed by atoms with E-state index in [2.05, 4.69) is 12.1 Å². The topological polar surface area (TPSA) is 17.1 Å². The molecular formula is C14H13NaO. The van der Waals surface area contributed by atoms with Crippen molar-refractivity contribution < 1.29 is 4.79 Å². The number of carbonyl (C=O) groups is 1. The van der Waals surface area contributed by atoms with Gasteiger partial charge in [-0.2, -0.15) is 0 Å². The molecule has 0 spiro atoms. The third-order valence-corrected chi connectivity index (χ3v) is 2.41. The predicted molar refractivity (Wildman–Crippen MR) is 68.8 cm³/mol.